The number of aryl methyl sites for hydroxylation is 1. The van der Waals surface area contributed by atoms with E-state index in [4.69, 9.17) is 11.6 Å². The van der Waals surface area contributed by atoms with Crippen LogP contribution in [0.15, 0.2) is 40.6 Å². The van der Waals surface area contributed by atoms with Gasteiger partial charge in [-0.3, -0.25) is 0 Å². The predicted octanol–water partition coefficient (Wildman–Crippen LogP) is 4.28. The molecular weight excluding hydrogens is 338 g/mol. The Morgan fingerprint density at radius 2 is 1.95 bits per heavy atom. The van der Waals surface area contributed by atoms with Crippen LogP contribution in [0.5, 0.6) is 0 Å². The van der Waals surface area contributed by atoms with Crippen LogP contribution in [-0.4, -0.2) is 25.8 Å². The first-order valence-corrected chi connectivity index (χ1v) is 9.98. The molecule has 6 heteroatoms. The molecule has 0 saturated carbocycles. The van der Waals surface area contributed by atoms with Crippen molar-refractivity contribution in [1.29, 1.82) is 0 Å². The average molecular weight is 356 g/mol. The lowest BCUT2D eigenvalue weighted by Crippen LogP contribution is -2.38. The van der Waals surface area contributed by atoms with Crippen molar-refractivity contribution in [3.8, 4) is 0 Å². The highest BCUT2D eigenvalue weighted by Crippen LogP contribution is 2.33. The standard InChI is InChI=1S/C16H18ClNO2S2/c1-12-4-5-14(17)11-16(12)22(19,20)18-8-6-13(7-9-18)15-3-2-10-21-15/h2-5,10-11,13H,6-9H2,1H3. The maximum Gasteiger partial charge on any atom is 0.243 e. The highest BCUT2D eigenvalue weighted by atomic mass is 35.5. The van der Waals surface area contributed by atoms with E-state index in [0.717, 1.165) is 18.4 Å². The summed E-state index contributed by atoms with van der Waals surface area (Å²) >= 11 is 7.72. The molecule has 1 aromatic heterocycles. The zero-order valence-corrected chi connectivity index (χ0v) is 14.7. The van der Waals surface area contributed by atoms with Crippen LogP contribution in [0.2, 0.25) is 5.02 Å². The van der Waals surface area contributed by atoms with Gasteiger partial charge in [0.15, 0.2) is 0 Å². The number of hydrogen-bond acceptors (Lipinski definition) is 3. The monoisotopic (exact) mass is 355 g/mol. The van der Waals surface area contributed by atoms with Crippen LogP contribution < -0.4 is 0 Å². The van der Waals surface area contributed by atoms with Gasteiger partial charge in [0.1, 0.15) is 0 Å². The van der Waals surface area contributed by atoms with Gasteiger partial charge in [0.25, 0.3) is 0 Å². The Morgan fingerprint density at radius 3 is 2.59 bits per heavy atom. The zero-order valence-electron chi connectivity index (χ0n) is 12.3. The summed E-state index contributed by atoms with van der Waals surface area (Å²) in [6, 6.07) is 9.23. The molecule has 1 aliphatic heterocycles. The van der Waals surface area contributed by atoms with Crippen molar-refractivity contribution in [1.82, 2.24) is 4.31 Å². The molecule has 2 heterocycles. The fourth-order valence-corrected chi connectivity index (χ4v) is 5.75. The van der Waals surface area contributed by atoms with Crippen LogP contribution in [0.4, 0.5) is 0 Å². The van der Waals surface area contributed by atoms with E-state index in [1.165, 1.54) is 4.88 Å². The molecule has 0 unspecified atom stereocenters. The number of rotatable bonds is 3. The van der Waals surface area contributed by atoms with E-state index in [1.807, 2.05) is 6.92 Å². The first-order chi connectivity index (χ1) is 10.5. The Morgan fingerprint density at radius 1 is 1.23 bits per heavy atom. The van der Waals surface area contributed by atoms with Crippen LogP contribution in [0, 0.1) is 6.92 Å². The Kier molecular flexibility index (Phi) is 4.59. The van der Waals surface area contributed by atoms with Gasteiger partial charge in [-0.25, -0.2) is 8.42 Å². The topological polar surface area (TPSA) is 37.4 Å². The molecule has 1 fully saturated rings. The second-order valence-corrected chi connectivity index (χ2v) is 8.93. The highest BCUT2D eigenvalue weighted by molar-refractivity contribution is 7.89. The smallest absolute Gasteiger partial charge is 0.207 e. The Bertz CT molecular complexity index is 748. The molecule has 1 aliphatic rings. The maximum absolute atomic E-state index is 12.8. The van der Waals surface area contributed by atoms with Gasteiger partial charge in [0.2, 0.25) is 10.0 Å². The van der Waals surface area contributed by atoms with Gasteiger partial charge in [-0.2, -0.15) is 4.31 Å². The molecule has 3 rings (SSSR count). The van der Waals surface area contributed by atoms with Crippen LogP contribution in [0.1, 0.15) is 29.2 Å². The molecule has 0 N–H and O–H groups in total. The van der Waals surface area contributed by atoms with E-state index in [0.29, 0.717) is 28.9 Å². The minimum atomic E-state index is -3.46. The second kappa shape index (κ2) is 6.32. The number of benzene rings is 1. The molecule has 1 aromatic carbocycles. The Hall–Kier alpha value is -0.880. The fourth-order valence-electron chi connectivity index (χ4n) is 2.90. The van der Waals surface area contributed by atoms with Crippen molar-refractivity contribution in [2.75, 3.05) is 13.1 Å². The van der Waals surface area contributed by atoms with E-state index < -0.39 is 10.0 Å². The van der Waals surface area contributed by atoms with E-state index >= 15 is 0 Å². The molecule has 2 aromatic rings. The highest BCUT2D eigenvalue weighted by Gasteiger charge is 2.31. The quantitative estimate of drug-likeness (QED) is 0.824. The zero-order chi connectivity index (χ0) is 15.7. The average Bonchev–Trinajstić information content (AvgIpc) is 3.04. The molecule has 0 radical (unpaired) electrons. The summed E-state index contributed by atoms with van der Waals surface area (Å²) in [6.07, 6.45) is 1.75. The number of sulfonamides is 1. The second-order valence-electron chi connectivity index (χ2n) is 5.60. The number of thiophene rings is 1. The third kappa shape index (κ3) is 3.08. The Balaban J connectivity index is 1.79. The van der Waals surface area contributed by atoms with Crippen LogP contribution in [-0.2, 0) is 10.0 Å². The molecular formula is C16H18ClNO2S2. The van der Waals surface area contributed by atoms with Gasteiger partial charge in [-0.05, 0) is 54.8 Å². The lowest BCUT2D eigenvalue weighted by atomic mass is 9.97. The summed E-state index contributed by atoms with van der Waals surface area (Å²) in [5.74, 6) is 0.479. The molecule has 0 aliphatic carbocycles. The Labute approximate surface area is 140 Å². The minimum absolute atomic E-state index is 0.328. The number of halogens is 1. The molecule has 0 amide bonds. The number of hydrogen-bond donors (Lipinski definition) is 0. The number of piperidine rings is 1. The van der Waals surface area contributed by atoms with Crippen molar-refractivity contribution in [2.45, 2.75) is 30.6 Å². The summed E-state index contributed by atoms with van der Waals surface area (Å²) < 4.78 is 27.2. The molecule has 1 saturated heterocycles. The number of nitrogens with zero attached hydrogens (tertiary/aromatic N) is 1. The van der Waals surface area contributed by atoms with E-state index in [-0.39, 0.29) is 0 Å². The molecule has 0 spiro atoms. The van der Waals surface area contributed by atoms with Crippen molar-refractivity contribution in [2.24, 2.45) is 0 Å². The van der Waals surface area contributed by atoms with Gasteiger partial charge in [-0.15, -0.1) is 11.3 Å². The summed E-state index contributed by atoms with van der Waals surface area (Å²) in [6.45, 7) is 2.94. The SMILES string of the molecule is Cc1ccc(Cl)cc1S(=O)(=O)N1CCC(c2cccs2)CC1. The normalized spacial score (nSPS) is 17.7. The summed E-state index contributed by atoms with van der Waals surface area (Å²) in [7, 11) is -3.46. The van der Waals surface area contributed by atoms with Gasteiger partial charge >= 0.3 is 0 Å². The molecule has 3 nitrogen and oxygen atoms in total. The first kappa shape index (κ1) is 16.0. The predicted molar refractivity (Wildman–Crippen MR) is 91.2 cm³/mol. The lowest BCUT2D eigenvalue weighted by Gasteiger charge is -2.31. The lowest BCUT2D eigenvalue weighted by molar-refractivity contribution is 0.321. The largest absolute Gasteiger partial charge is 0.243 e. The molecule has 0 bridgehead atoms. The van der Waals surface area contributed by atoms with Crippen molar-refractivity contribution in [3.63, 3.8) is 0 Å². The summed E-state index contributed by atoms with van der Waals surface area (Å²) in [4.78, 5) is 1.69. The fraction of sp³-hybridized carbons (Fsp3) is 0.375. The van der Waals surface area contributed by atoms with Crippen molar-refractivity contribution in [3.05, 3.63) is 51.2 Å². The van der Waals surface area contributed by atoms with Gasteiger partial charge < -0.3 is 0 Å². The summed E-state index contributed by atoms with van der Waals surface area (Å²) in [5.41, 5.74) is 0.741. The van der Waals surface area contributed by atoms with Crippen molar-refractivity contribution < 1.29 is 8.42 Å². The van der Waals surface area contributed by atoms with Crippen LogP contribution in [0.25, 0.3) is 0 Å². The third-order valence-electron chi connectivity index (χ3n) is 4.17. The van der Waals surface area contributed by atoms with Gasteiger partial charge in [-0.1, -0.05) is 23.7 Å². The van der Waals surface area contributed by atoms with Crippen LogP contribution >= 0.6 is 22.9 Å². The third-order valence-corrected chi connectivity index (χ3v) is 7.48. The van der Waals surface area contributed by atoms with Gasteiger partial charge in [0.05, 0.1) is 4.90 Å². The maximum atomic E-state index is 12.8. The van der Waals surface area contributed by atoms with E-state index in [1.54, 1.807) is 33.8 Å². The minimum Gasteiger partial charge on any atom is -0.207 e. The molecule has 0 atom stereocenters. The summed E-state index contributed by atoms with van der Waals surface area (Å²) in [5, 5.41) is 2.53. The van der Waals surface area contributed by atoms with Gasteiger partial charge in [0, 0.05) is 23.0 Å². The van der Waals surface area contributed by atoms with E-state index in [9.17, 15) is 8.42 Å². The van der Waals surface area contributed by atoms with Crippen molar-refractivity contribution >= 4 is 33.0 Å². The first-order valence-electron chi connectivity index (χ1n) is 7.28. The molecule has 118 valence electrons. The van der Waals surface area contributed by atoms with E-state index in [2.05, 4.69) is 17.5 Å². The van der Waals surface area contributed by atoms with Crippen LogP contribution in [0.3, 0.4) is 0 Å². The molecule has 22 heavy (non-hydrogen) atoms.